The van der Waals surface area contributed by atoms with Gasteiger partial charge in [-0.15, -0.1) is 11.8 Å². The first-order valence-electron chi connectivity index (χ1n) is 13.7. The van der Waals surface area contributed by atoms with Crippen molar-refractivity contribution < 1.29 is 13.6 Å². The molecule has 1 aliphatic rings. The van der Waals surface area contributed by atoms with E-state index in [2.05, 4.69) is 15.0 Å². The number of hydrogen-bond donors (Lipinski definition) is 0. The quantitative estimate of drug-likeness (QED) is 0.178. The number of benzene rings is 1. The van der Waals surface area contributed by atoms with Crippen molar-refractivity contribution in [2.75, 3.05) is 30.8 Å². The highest BCUT2D eigenvalue weighted by molar-refractivity contribution is 7.98. The summed E-state index contributed by atoms with van der Waals surface area (Å²) in [4.78, 5) is 43.6. The molecule has 4 aromatic rings. The van der Waals surface area contributed by atoms with E-state index >= 15 is 8.78 Å². The molecule has 1 amide bonds. The van der Waals surface area contributed by atoms with E-state index in [0.717, 1.165) is 17.3 Å². The van der Waals surface area contributed by atoms with E-state index in [0.29, 0.717) is 31.0 Å². The number of fused-ring (bicyclic) bond motifs is 1. The molecule has 226 valence electrons. The van der Waals surface area contributed by atoms with Crippen LogP contribution in [-0.4, -0.2) is 62.3 Å². The molecule has 1 aliphatic heterocycles. The van der Waals surface area contributed by atoms with Crippen molar-refractivity contribution in [2.45, 2.75) is 51.5 Å². The Morgan fingerprint density at radius 1 is 1.14 bits per heavy atom. The largest absolute Gasteiger partial charge is 0.355 e. The minimum absolute atomic E-state index is 0.0582. The molecule has 1 saturated heterocycles. The molecule has 1 atom stereocenters. The van der Waals surface area contributed by atoms with Crippen molar-refractivity contribution in [1.82, 2.24) is 24.4 Å². The summed E-state index contributed by atoms with van der Waals surface area (Å²) in [6.07, 6.45) is 3.34. The van der Waals surface area contributed by atoms with Gasteiger partial charge in [-0.1, -0.05) is 37.0 Å². The number of halogens is 4. The van der Waals surface area contributed by atoms with E-state index in [9.17, 15) is 9.59 Å². The summed E-state index contributed by atoms with van der Waals surface area (Å²) >= 11 is 13.7. The van der Waals surface area contributed by atoms with Crippen LogP contribution in [-0.2, 0) is 4.79 Å². The Morgan fingerprint density at radius 3 is 2.49 bits per heavy atom. The number of piperazine rings is 1. The number of rotatable bonds is 5. The summed E-state index contributed by atoms with van der Waals surface area (Å²) in [5.74, 6) is -1.62. The number of anilines is 1. The maximum atomic E-state index is 16.2. The molecule has 1 aromatic carbocycles. The number of carbonyl (C=O) groups is 1. The average molecular weight is 648 g/mol. The number of aryl methyl sites for hydroxylation is 1. The fraction of sp³-hybridized carbons (Fsp3) is 0.367. The van der Waals surface area contributed by atoms with Gasteiger partial charge in [0.2, 0.25) is 5.91 Å². The Balaban J connectivity index is 1.89. The third-order valence-corrected chi connectivity index (χ3v) is 9.16. The maximum Gasteiger partial charge on any atom is 0.355 e. The van der Waals surface area contributed by atoms with Gasteiger partial charge in [0.1, 0.15) is 11.5 Å². The van der Waals surface area contributed by atoms with Gasteiger partial charge in [0, 0.05) is 43.7 Å². The summed E-state index contributed by atoms with van der Waals surface area (Å²) in [5, 5.41) is 0.112. The number of pyridine rings is 2. The highest BCUT2D eigenvalue weighted by Crippen LogP contribution is 2.42. The predicted octanol–water partition coefficient (Wildman–Crippen LogP) is 6.64. The van der Waals surface area contributed by atoms with Gasteiger partial charge in [-0.25, -0.2) is 23.1 Å². The molecule has 0 spiro atoms. The molecule has 13 heteroatoms. The van der Waals surface area contributed by atoms with Gasteiger partial charge in [-0.2, -0.15) is 4.98 Å². The predicted molar refractivity (Wildman–Crippen MR) is 168 cm³/mol. The highest BCUT2D eigenvalue weighted by atomic mass is 35.5. The smallest absolute Gasteiger partial charge is 0.350 e. The van der Waals surface area contributed by atoms with E-state index < -0.39 is 17.3 Å². The average Bonchev–Trinajstić information content (AvgIpc) is 2.95. The zero-order chi connectivity index (χ0) is 31.3. The first kappa shape index (κ1) is 31.2. The second-order valence-electron chi connectivity index (χ2n) is 10.8. The minimum atomic E-state index is -0.876. The second-order valence-corrected chi connectivity index (χ2v) is 12.5. The third-order valence-electron chi connectivity index (χ3n) is 7.64. The lowest BCUT2D eigenvalue weighted by Crippen LogP contribution is -2.54. The zero-order valence-corrected chi connectivity index (χ0v) is 26.8. The first-order valence-corrected chi connectivity index (χ1v) is 15.7. The summed E-state index contributed by atoms with van der Waals surface area (Å²) < 4.78 is 33.1. The Hall–Kier alpha value is -3.28. The van der Waals surface area contributed by atoms with Gasteiger partial charge in [-0.3, -0.25) is 9.78 Å². The van der Waals surface area contributed by atoms with E-state index in [1.54, 1.807) is 23.4 Å². The normalized spacial score (nSPS) is 15.6. The summed E-state index contributed by atoms with van der Waals surface area (Å²) in [7, 11) is 0. The van der Waals surface area contributed by atoms with Crippen LogP contribution in [0.5, 0.6) is 0 Å². The van der Waals surface area contributed by atoms with Gasteiger partial charge >= 0.3 is 5.69 Å². The van der Waals surface area contributed by atoms with Crippen LogP contribution in [0.1, 0.15) is 44.9 Å². The molecule has 0 N–H and O–H groups in total. The fourth-order valence-electron chi connectivity index (χ4n) is 5.53. The van der Waals surface area contributed by atoms with Crippen molar-refractivity contribution in [3.63, 3.8) is 0 Å². The van der Waals surface area contributed by atoms with Crippen molar-refractivity contribution >= 4 is 57.7 Å². The van der Waals surface area contributed by atoms with Crippen LogP contribution in [0.2, 0.25) is 10.0 Å². The lowest BCUT2D eigenvalue weighted by atomic mass is 10.0. The van der Waals surface area contributed by atoms with Crippen LogP contribution in [0, 0.1) is 18.6 Å². The van der Waals surface area contributed by atoms with Gasteiger partial charge in [0.25, 0.3) is 0 Å². The van der Waals surface area contributed by atoms with Gasteiger partial charge in [0.05, 0.1) is 32.4 Å². The maximum absolute atomic E-state index is 16.2. The molecule has 0 saturated carbocycles. The molecule has 0 aliphatic carbocycles. The van der Waals surface area contributed by atoms with Crippen LogP contribution in [0.3, 0.4) is 0 Å². The second kappa shape index (κ2) is 12.0. The van der Waals surface area contributed by atoms with Crippen molar-refractivity contribution in [2.24, 2.45) is 0 Å². The van der Waals surface area contributed by atoms with Crippen molar-refractivity contribution in [3.05, 3.63) is 67.8 Å². The number of nitrogens with zero attached hydrogens (tertiary/aromatic N) is 6. The minimum Gasteiger partial charge on any atom is -0.350 e. The summed E-state index contributed by atoms with van der Waals surface area (Å²) in [6.45, 7) is 10.3. The van der Waals surface area contributed by atoms with E-state index in [-0.39, 0.29) is 60.9 Å². The topological polar surface area (TPSA) is 84.2 Å². The van der Waals surface area contributed by atoms with Crippen LogP contribution < -0.4 is 10.6 Å². The number of thioether (sulfide) groups is 1. The summed E-state index contributed by atoms with van der Waals surface area (Å²) in [6, 6.07) is 4.02. The molecule has 4 heterocycles. The van der Waals surface area contributed by atoms with Gasteiger partial charge < -0.3 is 9.80 Å². The monoisotopic (exact) mass is 646 g/mol. The van der Waals surface area contributed by atoms with Crippen LogP contribution in [0.25, 0.3) is 28.0 Å². The molecule has 1 fully saturated rings. The lowest BCUT2D eigenvalue weighted by Gasteiger charge is -2.40. The van der Waals surface area contributed by atoms with Crippen molar-refractivity contribution in [3.8, 4) is 16.9 Å². The molecular formula is C30H30Cl2F2N6O2S. The first-order chi connectivity index (χ1) is 20.3. The molecule has 0 unspecified atom stereocenters. The Kier molecular flexibility index (Phi) is 8.70. The number of carbonyl (C=O) groups excluding carboxylic acids is 1. The van der Waals surface area contributed by atoms with Crippen LogP contribution >= 0.6 is 35.0 Å². The molecular weight excluding hydrogens is 617 g/mol. The molecule has 5 rings (SSSR count). The fourth-order valence-corrected chi connectivity index (χ4v) is 6.87. The highest BCUT2D eigenvalue weighted by Gasteiger charge is 2.31. The lowest BCUT2D eigenvalue weighted by molar-refractivity contribution is -0.129. The SMILES string of the molecule is CSc1c(Cl)cc(Cl)c(F)c1-c1nc2c(cc1F)c(N1CCN(C(C)=O)C[C@@H]1C)nc(=O)n2-c1c(C)ccnc1C(C)C. The number of aromatic nitrogens is 4. The Bertz CT molecular complexity index is 1830. The van der Waals surface area contributed by atoms with Gasteiger partial charge in [0.15, 0.2) is 17.3 Å². The summed E-state index contributed by atoms with van der Waals surface area (Å²) in [5.41, 5.74) is 0.712. The number of amides is 1. The van der Waals surface area contributed by atoms with E-state index in [4.69, 9.17) is 23.2 Å². The van der Waals surface area contributed by atoms with Crippen LogP contribution in [0.15, 0.2) is 34.1 Å². The molecule has 0 radical (unpaired) electrons. The van der Waals surface area contributed by atoms with E-state index in [1.807, 2.05) is 32.6 Å². The Labute approximate surface area is 262 Å². The number of hydrogen-bond acceptors (Lipinski definition) is 7. The zero-order valence-electron chi connectivity index (χ0n) is 24.5. The molecule has 0 bridgehead atoms. The van der Waals surface area contributed by atoms with Crippen molar-refractivity contribution in [1.29, 1.82) is 0 Å². The van der Waals surface area contributed by atoms with E-state index in [1.165, 1.54) is 23.6 Å². The molecule has 3 aromatic heterocycles. The molecule has 8 nitrogen and oxygen atoms in total. The molecule has 43 heavy (non-hydrogen) atoms. The van der Waals surface area contributed by atoms with Gasteiger partial charge in [-0.05, 0) is 49.8 Å². The Morgan fingerprint density at radius 2 is 1.86 bits per heavy atom. The standard InChI is InChI=1S/C30H30Cl2F2N6O2S/c1-14(2)24-26(15(3)7-8-35-24)40-29-18(28(37-30(40)42)39-10-9-38(17(5)41)13-16(39)4)11-21(33)25(36-29)22-23(34)19(31)12-20(32)27(22)43-6/h7-8,11-12,14,16H,9-10,13H2,1-6H3/t16-/m0/s1. The third kappa shape index (κ3) is 5.47. The van der Waals surface area contributed by atoms with Crippen LogP contribution in [0.4, 0.5) is 14.6 Å².